The van der Waals surface area contributed by atoms with Crippen molar-refractivity contribution < 1.29 is 57.5 Å². The summed E-state index contributed by atoms with van der Waals surface area (Å²) in [5.41, 5.74) is -0.479. The molecule has 1 rings (SSSR count). The minimum atomic E-state index is -7.81. The van der Waals surface area contributed by atoms with E-state index in [4.69, 9.17) is 5.26 Å². The molecule has 0 atom stereocenters. The molecule has 3 nitrogen and oxygen atoms in total. The van der Waals surface area contributed by atoms with Gasteiger partial charge in [-0.05, 0) is 19.4 Å². The predicted octanol–water partition coefficient (Wildman–Crippen LogP) is 5.62. The fraction of sp³-hybridized carbons (Fsp3) is 0.571. The van der Waals surface area contributed by atoms with E-state index in [-0.39, 0.29) is 10.4 Å². The van der Waals surface area contributed by atoms with Gasteiger partial charge in [-0.1, -0.05) is 0 Å². The number of nitrogens with zero attached hydrogens (tertiary/aromatic N) is 1. The lowest BCUT2D eigenvalue weighted by Crippen LogP contribution is -2.70. The molecular weight excluding hydrogens is 472 g/mol. The van der Waals surface area contributed by atoms with Crippen LogP contribution in [0.4, 0.5) is 57.7 Å². The van der Waals surface area contributed by atoms with Crippen molar-refractivity contribution in [2.45, 2.75) is 49.9 Å². The van der Waals surface area contributed by atoms with Crippen LogP contribution in [0.25, 0.3) is 0 Å². The number of amides is 1. The van der Waals surface area contributed by atoms with Gasteiger partial charge < -0.3 is 5.32 Å². The topological polar surface area (TPSA) is 52.9 Å². The first-order valence-corrected chi connectivity index (χ1v) is 8.02. The van der Waals surface area contributed by atoms with E-state index in [1.807, 2.05) is 0 Å². The lowest BCUT2D eigenvalue weighted by atomic mass is 9.94. The molecule has 1 heterocycles. The molecule has 0 aliphatic heterocycles. The maximum atomic E-state index is 13.8. The standard InChI is InChI=1S/C14H8F12N2OS/c1-4-5(2)30-7(6(4)3-27)28-9(29)11(19,20)13(23,24)14(25,26)12(21,22)10(17,18)8(15)16/h8H,1-2H3,(H,28,29). The van der Waals surface area contributed by atoms with E-state index in [2.05, 4.69) is 0 Å². The Bertz CT molecular complexity index is 871. The van der Waals surface area contributed by atoms with E-state index in [0.29, 0.717) is 11.3 Å². The van der Waals surface area contributed by atoms with Crippen molar-refractivity contribution in [3.63, 3.8) is 0 Å². The third-order valence-corrected chi connectivity index (χ3v) is 5.01. The molecule has 170 valence electrons. The Morgan fingerprint density at radius 2 is 1.40 bits per heavy atom. The van der Waals surface area contributed by atoms with Gasteiger partial charge >= 0.3 is 41.9 Å². The Balaban J connectivity index is 3.44. The zero-order valence-electron chi connectivity index (χ0n) is 14.4. The molecule has 30 heavy (non-hydrogen) atoms. The number of alkyl halides is 12. The van der Waals surface area contributed by atoms with Crippen molar-refractivity contribution in [1.29, 1.82) is 5.26 Å². The summed E-state index contributed by atoms with van der Waals surface area (Å²) in [5, 5.41) is 8.98. The van der Waals surface area contributed by atoms with Crippen LogP contribution in [-0.2, 0) is 4.79 Å². The van der Waals surface area contributed by atoms with E-state index >= 15 is 0 Å². The Morgan fingerprint density at radius 3 is 1.80 bits per heavy atom. The minimum absolute atomic E-state index is 0.0707. The van der Waals surface area contributed by atoms with Crippen molar-refractivity contribution in [3.8, 4) is 6.07 Å². The van der Waals surface area contributed by atoms with E-state index in [0.717, 1.165) is 5.32 Å². The van der Waals surface area contributed by atoms with Gasteiger partial charge in [0.05, 0.1) is 5.56 Å². The summed E-state index contributed by atoms with van der Waals surface area (Å²) in [4.78, 5) is 11.7. The molecule has 0 bridgehead atoms. The van der Waals surface area contributed by atoms with Gasteiger partial charge in [-0.15, -0.1) is 11.3 Å². The summed E-state index contributed by atoms with van der Waals surface area (Å²) in [6, 6.07) is 1.38. The van der Waals surface area contributed by atoms with Gasteiger partial charge in [-0.2, -0.15) is 49.2 Å². The summed E-state index contributed by atoms with van der Waals surface area (Å²) < 4.78 is 157. The summed E-state index contributed by atoms with van der Waals surface area (Å²) in [5.74, 6) is -40.4. The number of hydrogen-bond acceptors (Lipinski definition) is 3. The van der Waals surface area contributed by atoms with Crippen LogP contribution in [0.15, 0.2) is 0 Å². The maximum Gasteiger partial charge on any atom is 0.393 e. The van der Waals surface area contributed by atoms with Crippen LogP contribution in [0.1, 0.15) is 16.0 Å². The fourth-order valence-corrected chi connectivity index (χ4v) is 2.92. The number of nitriles is 1. The number of aryl methyl sites for hydroxylation is 1. The zero-order valence-corrected chi connectivity index (χ0v) is 15.2. The molecule has 0 saturated carbocycles. The van der Waals surface area contributed by atoms with Crippen LogP contribution < -0.4 is 5.32 Å². The maximum absolute atomic E-state index is 13.8. The summed E-state index contributed by atoms with van der Waals surface area (Å²) in [6.45, 7) is 2.51. The number of hydrogen-bond donors (Lipinski definition) is 1. The number of carbonyl (C=O) groups excluding carboxylic acids is 1. The molecule has 0 aliphatic rings. The molecule has 0 aromatic carbocycles. The van der Waals surface area contributed by atoms with Crippen molar-refractivity contribution >= 4 is 22.2 Å². The lowest BCUT2D eigenvalue weighted by Gasteiger charge is -2.38. The van der Waals surface area contributed by atoms with Gasteiger partial charge in [0.1, 0.15) is 11.1 Å². The lowest BCUT2D eigenvalue weighted by molar-refractivity contribution is -0.406. The van der Waals surface area contributed by atoms with Crippen molar-refractivity contribution in [2.75, 3.05) is 5.32 Å². The molecule has 0 unspecified atom stereocenters. The Labute approximate surface area is 163 Å². The molecule has 0 spiro atoms. The highest BCUT2D eigenvalue weighted by molar-refractivity contribution is 7.16. The first-order valence-electron chi connectivity index (χ1n) is 7.20. The van der Waals surface area contributed by atoms with Crippen LogP contribution in [0.5, 0.6) is 0 Å². The molecule has 0 fully saturated rings. The highest BCUT2D eigenvalue weighted by atomic mass is 32.1. The van der Waals surface area contributed by atoms with E-state index < -0.39 is 52.5 Å². The largest absolute Gasteiger partial charge is 0.393 e. The van der Waals surface area contributed by atoms with E-state index in [9.17, 15) is 57.5 Å². The molecule has 0 aliphatic carbocycles. The van der Waals surface area contributed by atoms with Crippen molar-refractivity contribution in [3.05, 3.63) is 16.0 Å². The highest BCUT2D eigenvalue weighted by Crippen LogP contribution is 2.58. The average Bonchev–Trinajstić information content (AvgIpc) is 2.86. The Morgan fingerprint density at radius 1 is 0.933 bits per heavy atom. The molecule has 1 aromatic rings. The van der Waals surface area contributed by atoms with Gasteiger partial charge in [0.2, 0.25) is 0 Å². The van der Waals surface area contributed by atoms with Crippen LogP contribution in [0.2, 0.25) is 0 Å². The summed E-state index contributed by atoms with van der Waals surface area (Å²) in [6.07, 6.45) is -5.63. The van der Waals surface area contributed by atoms with Crippen molar-refractivity contribution in [2.24, 2.45) is 0 Å². The summed E-state index contributed by atoms with van der Waals surface area (Å²) in [7, 11) is 0. The predicted molar refractivity (Wildman–Crippen MR) is 77.9 cm³/mol. The zero-order chi connectivity index (χ0) is 24.1. The Kier molecular flexibility index (Phi) is 6.47. The average molecular weight is 480 g/mol. The molecule has 1 N–H and O–H groups in total. The second-order valence-electron chi connectivity index (χ2n) is 5.77. The fourth-order valence-electron chi connectivity index (χ4n) is 1.91. The number of carbonyl (C=O) groups is 1. The number of thiophene rings is 1. The van der Waals surface area contributed by atoms with Crippen molar-refractivity contribution in [1.82, 2.24) is 0 Å². The number of anilines is 1. The van der Waals surface area contributed by atoms with E-state index in [1.165, 1.54) is 19.9 Å². The van der Waals surface area contributed by atoms with Gasteiger partial charge in [-0.3, -0.25) is 4.79 Å². The van der Waals surface area contributed by atoms with Crippen LogP contribution in [0, 0.1) is 25.2 Å². The number of nitrogens with one attached hydrogen (secondary N) is 1. The summed E-state index contributed by atoms with van der Waals surface area (Å²) >= 11 is 0.354. The molecule has 0 saturated heterocycles. The molecule has 1 aromatic heterocycles. The van der Waals surface area contributed by atoms with Gasteiger partial charge in [0, 0.05) is 4.88 Å². The molecule has 16 heteroatoms. The second kappa shape index (κ2) is 7.50. The van der Waals surface area contributed by atoms with E-state index in [1.54, 1.807) is 0 Å². The number of halogens is 12. The first kappa shape index (κ1) is 25.9. The van der Waals surface area contributed by atoms with Crippen LogP contribution >= 0.6 is 11.3 Å². The van der Waals surface area contributed by atoms with Crippen LogP contribution in [-0.4, -0.2) is 41.9 Å². The molecule has 0 radical (unpaired) electrons. The smallest absolute Gasteiger partial charge is 0.311 e. The third kappa shape index (κ3) is 3.46. The molecule has 1 amide bonds. The quantitative estimate of drug-likeness (QED) is 0.516. The van der Waals surface area contributed by atoms with Gasteiger partial charge in [-0.25, -0.2) is 8.78 Å². The molecular formula is C14H8F12N2OS. The number of rotatable bonds is 7. The van der Waals surface area contributed by atoms with Crippen LogP contribution in [0.3, 0.4) is 0 Å². The minimum Gasteiger partial charge on any atom is -0.311 e. The SMILES string of the molecule is Cc1sc(NC(=O)C(F)(F)C(F)(F)C(F)(F)C(F)(F)C(F)(F)C(F)F)c(C#N)c1C. The normalized spacial score (nSPS) is 14.1. The third-order valence-electron chi connectivity index (χ3n) is 3.89. The Hall–Kier alpha value is -2.18. The monoisotopic (exact) mass is 480 g/mol. The highest BCUT2D eigenvalue weighted by Gasteiger charge is 2.89. The van der Waals surface area contributed by atoms with Gasteiger partial charge in [0.25, 0.3) is 0 Å². The van der Waals surface area contributed by atoms with Gasteiger partial charge in [0.15, 0.2) is 0 Å². The second-order valence-corrected chi connectivity index (χ2v) is 7.00. The first-order chi connectivity index (χ1) is 13.2.